The fourth-order valence-electron chi connectivity index (χ4n) is 1.03. The lowest BCUT2D eigenvalue weighted by atomic mass is 10.2. The Bertz CT molecular complexity index is 410. The molecule has 1 aromatic carbocycles. The zero-order valence-corrected chi connectivity index (χ0v) is 11.7. The maximum absolute atomic E-state index is 11.3. The quantitative estimate of drug-likeness (QED) is 0.820. The van der Waals surface area contributed by atoms with Crippen molar-refractivity contribution in [2.45, 2.75) is 13.8 Å². The average molecular weight is 292 g/mol. The monoisotopic (exact) mass is 291 g/mol. The van der Waals surface area contributed by atoms with Gasteiger partial charge in [0.1, 0.15) is 5.75 Å². The van der Waals surface area contributed by atoms with Gasteiger partial charge in [0.25, 0.3) is 5.91 Å². The van der Waals surface area contributed by atoms with Gasteiger partial charge in [-0.25, -0.2) is 5.48 Å². The normalized spacial score (nSPS) is 10.5. The summed E-state index contributed by atoms with van der Waals surface area (Å²) in [6, 6.07) is 4.79. The SMILES string of the molecule is CC(C)CONC(=O)COc1ccc(Cl)c(Cl)c1. The second-order valence-electron chi connectivity index (χ2n) is 4.09. The number of halogens is 2. The fraction of sp³-hybridized carbons (Fsp3) is 0.417. The molecule has 4 nitrogen and oxygen atoms in total. The maximum atomic E-state index is 11.3. The van der Waals surface area contributed by atoms with Crippen LogP contribution in [0.2, 0.25) is 10.0 Å². The minimum Gasteiger partial charge on any atom is -0.484 e. The third-order valence-electron chi connectivity index (χ3n) is 1.86. The molecule has 0 unspecified atom stereocenters. The number of rotatable bonds is 6. The standard InChI is InChI=1S/C12H15Cl2NO3/c1-8(2)6-18-15-12(16)7-17-9-3-4-10(13)11(14)5-9/h3-5,8H,6-7H2,1-2H3,(H,15,16). The first-order valence-corrected chi connectivity index (χ1v) is 6.23. The van der Waals surface area contributed by atoms with Crippen LogP contribution in [0.25, 0.3) is 0 Å². The van der Waals surface area contributed by atoms with Crippen molar-refractivity contribution in [3.63, 3.8) is 0 Å². The summed E-state index contributed by atoms with van der Waals surface area (Å²) in [6.45, 7) is 4.28. The highest BCUT2D eigenvalue weighted by molar-refractivity contribution is 6.42. The Balaban J connectivity index is 2.31. The molecule has 0 bridgehead atoms. The van der Waals surface area contributed by atoms with E-state index in [0.29, 0.717) is 28.3 Å². The van der Waals surface area contributed by atoms with E-state index in [0.717, 1.165) is 0 Å². The number of carbonyl (C=O) groups is 1. The molecule has 0 aliphatic carbocycles. The van der Waals surface area contributed by atoms with Gasteiger partial charge in [-0.1, -0.05) is 37.0 Å². The topological polar surface area (TPSA) is 47.6 Å². The highest BCUT2D eigenvalue weighted by Crippen LogP contribution is 2.26. The Morgan fingerprint density at radius 2 is 2.06 bits per heavy atom. The zero-order valence-electron chi connectivity index (χ0n) is 10.2. The summed E-state index contributed by atoms with van der Waals surface area (Å²) in [5.41, 5.74) is 2.29. The van der Waals surface area contributed by atoms with Crippen LogP contribution in [-0.2, 0) is 9.63 Å². The minimum absolute atomic E-state index is 0.143. The first-order valence-electron chi connectivity index (χ1n) is 5.47. The van der Waals surface area contributed by atoms with E-state index in [2.05, 4.69) is 5.48 Å². The lowest BCUT2D eigenvalue weighted by Crippen LogP contribution is -2.30. The molecule has 6 heteroatoms. The summed E-state index contributed by atoms with van der Waals surface area (Å²) < 4.78 is 5.23. The van der Waals surface area contributed by atoms with Crippen LogP contribution in [0.5, 0.6) is 5.75 Å². The second-order valence-corrected chi connectivity index (χ2v) is 4.91. The van der Waals surface area contributed by atoms with Crippen LogP contribution in [0.1, 0.15) is 13.8 Å². The van der Waals surface area contributed by atoms with Gasteiger partial charge < -0.3 is 4.74 Å². The van der Waals surface area contributed by atoms with Crippen LogP contribution in [0.15, 0.2) is 18.2 Å². The van der Waals surface area contributed by atoms with E-state index in [1.807, 2.05) is 13.8 Å². The van der Waals surface area contributed by atoms with Crippen molar-refractivity contribution >= 4 is 29.1 Å². The van der Waals surface area contributed by atoms with E-state index < -0.39 is 0 Å². The van der Waals surface area contributed by atoms with E-state index in [9.17, 15) is 4.79 Å². The Morgan fingerprint density at radius 3 is 2.67 bits per heavy atom. The van der Waals surface area contributed by atoms with E-state index in [-0.39, 0.29) is 12.5 Å². The second kappa shape index (κ2) is 7.46. The van der Waals surface area contributed by atoms with Gasteiger partial charge in [-0.3, -0.25) is 9.63 Å². The van der Waals surface area contributed by atoms with Gasteiger partial charge in [-0.15, -0.1) is 0 Å². The first-order chi connectivity index (χ1) is 8.49. The summed E-state index contributed by atoms with van der Waals surface area (Å²) in [6.07, 6.45) is 0. The van der Waals surface area contributed by atoms with E-state index >= 15 is 0 Å². The Hall–Kier alpha value is -0.970. The lowest BCUT2D eigenvalue weighted by molar-refractivity contribution is -0.136. The van der Waals surface area contributed by atoms with Crippen LogP contribution < -0.4 is 10.2 Å². The van der Waals surface area contributed by atoms with Crippen LogP contribution in [0, 0.1) is 5.92 Å². The minimum atomic E-state index is -0.360. The number of hydrogen-bond donors (Lipinski definition) is 1. The highest BCUT2D eigenvalue weighted by atomic mass is 35.5. The molecule has 0 aliphatic rings. The molecule has 0 fully saturated rings. The van der Waals surface area contributed by atoms with Crippen LogP contribution in [-0.4, -0.2) is 19.1 Å². The lowest BCUT2D eigenvalue weighted by Gasteiger charge is -2.09. The van der Waals surface area contributed by atoms with Crippen molar-refractivity contribution < 1.29 is 14.4 Å². The van der Waals surface area contributed by atoms with Crippen molar-refractivity contribution in [2.24, 2.45) is 5.92 Å². The number of benzene rings is 1. The fourth-order valence-corrected chi connectivity index (χ4v) is 1.32. The van der Waals surface area contributed by atoms with Crippen LogP contribution in [0.3, 0.4) is 0 Å². The van der Waals surface area contributed by atoms with Gasteiger partial charge in [0.15, 0.2) is 6.61 Å². The Morgan fingerprint density at radius 1 is 1.33 bits per heavy atom. The van der Waals surface area contributed by atoms with Gasteiger partial charge in [-0.2, -0.15) is 0 Å². The molecular weight excluding hydrogens is 277 g/mol. The van der Waals surface area contributed by atoms with E-state index in [1.54, 1.807) is 18.2 Å². The molecule has 100 valence electrons. The average Bonchev–Trinajstić information content (AvgIpc) is 2.30. The molecule has 0 aromatic heterocycles. The van der Waals surface area contributed by atoms with Crippen LogP contribution >= 0.6 is 23.2 Å². The summed E-state index contributed by atoms with van der Waals surface area (Å²) in [4.78, 5) is 16.3. The molecule has 0 saturated heterocycles. The van der Waals surface area contributed by atoms with Gasteiger partial charge >= 0.3 is 0 Å². The third-order valence-corrected chi connectivity index (χ3v) is 2.60. The largest absolute Gasteiger partial charge is 0.484 e. The van der Waals surface area contributed by atoms with E-state index in [1.165, 1.54) is 0 Å². The molecule has 1 N–H and O–H groups in total. The van der Waals surface area contributed by atoms with Crippen LogP contribution in [0.4, 0.5) is 0 Å². The maximum Gasteiger partial charge on any atom is 0.281 e. The number of ether oxygens (including phenoxy) is 1. The Kier molecular flexibility index (Phi) is 6.25. The molecular formula is C12H15Cl2NO3. The molecule has 0 atom stereocenters. The van der Waals surface area contributed by atoms with Crippen molar-refractivity contribution in [1.29, 1.82) is 0 Å². The van der Waals surface area contributed by atoms with Gasteiger partial charge in [-0.05, 0) is 18.1 Å². The molecule has 1 aromatic rings. The summed E-state index contributed by atoms with van der Waals surface area (Å²) in [5, 5.41) is 0.819. The number of hydroxylamine groups is 1. The molecule has 18 heavy (non-hydrogen) atoms. The molecule has 0 heterocycles. The molecule has 1 rings (SSSR count). The van der Waals surface area contributed by atoms with Gasteiger partial charge in [0.05, 0.1) is 16.7 Å². The molecule has 0 saturated carbocycles. The van der Waals surface area contributed by atoms with E-state index in [4.69, 9.17) is 32.8 Å². The summed E-state index contributed by atoms with van der Waals surface area (Å²) >= 11 is 11.6. The highest BCUT2D eigenvalue weighted by Gasteiger charge is 2.05. The number of amides is 1. The van der Waals surface area contributed by atoms with Crippen molar-refractivity contribution in [3.05, 3.63) is 28.2 Å². The Labute approximate surface area is 116 Å². The molecule has 0 radical (unpaired) electrons. The first kappa shape index (κ1) is 15.1. The van der Waals surface area contributed by atoms with Crippen molar-refractivity contribution in [2.75, 3.05) is 13.2 Å². The molecule has 1 amide bonds. The summed E-state index contributed by atoms with van der Waals surface area (Å²) in [7, 11) is 0. The predicted molar refractivity (Wildman–Crippen MR) is 70.9 cm³/mol. The smallest absolute Gasteiger partial charge is 0.281 e. The summed E-state index contributed by atoms with van der Waals surface area (Å²) in [5.74, 6) is 0.464. The number of hydrogen-bond acceptors (Lipinski definition) is 3. The third kappa shape index (κ3) is 5.58. The zero-order chi connectivity index (χ0) is 13.5. The van der Waals surface area contributed by atoms with Gasteiger partial charge in [0.2, 0.25) is 0 Å². The molecule has 0 spiro atoms. The van der Waals surface area contributed by atoms with Crippen molar-refractivity contribution in [1.82, 2.24) is 5.48 Å². The van der Waals surface area contributed by atoms with Gasteiger partial charge in [0, 0.05) is 6.07 Å². The number of nitrogens with one attached hydrogen (secondary N) is 1. The molecule has 0 aliphatic heterocycles. The van der Waals surface area contributed by atoms with Crippen molar-refractivity contribution in [3.8, 4) is 5.75 Å². The predicted octanol–water partition coefficient (Wildman–Crippen LogP) is 3.08. The number of carbonyl (C=O) groups excluding carboxylic acids is 1.